The number of nitrogen functional groups attached to an aromatic ring is 1. The first kappa shape index (κ1) is 11.5. The molecule has 3 aromatic rings. The molecule has 0 spiro atoms. The van der Waals surface area contributed by atoms with E-state index in [-0.39, 0.29) is 0 Å². The van der Waals surface area contributed by atoms with Crippen molar-refractivity contribution in [2.75, 3.05) is 12.8 Å². The maximum absolute atomic E-state index is 5.80. The summed E-state index contributed by atoms with van der Waals surface area (Å²) in [7, 11) is 1.66. The first-order valence-electron chi connectivity index (χ1n) is 5.96. The second-order valence-corrected chi connectivity index (χ2v) is 4.28. The Bertz CT molecular complexity index is 703. The number of fused-ring (bicyclic) bond motifs is 1. The molecule has 5 heteroatoms. The number of aromatic nitrogens is 3. The summed E-state index contributed by atoms with van der Waals surface area (Å²) in [4.78, 5) is 8.33. The van der Waals surface area contributed by atoms with Crippen LogP contribution < -0.4 is 10.5 Å². The van der Waals surface area contributed by atoms with Gasteiger partial charge >= 0.3 is 0 Å². The molecular formula is C14H14N4O. The summed E-state index contributed by atoms with van der Waals surface area (Å²) >= 11 is 0. The lowest BCUT2D eigenvalue weighted by Crippen LogP contribution is -1.98. The summed E-state index contributed by atoms with van der Waals surface area (Å²) in [6.07, 6.45) is 3.48. The number of methoxy groups -OCH3 is 1. The Labute approximate surface area is 110 Å². The van der Waals surface area contributed by atoms with E-state index >= 15 is 0 Å². The third kappa shape index (κ3) is 2.10. The number of benzene rings is 1. The molecule has 96 valence electrons. The molecule has 0 fully saturated rings. The van der Waals surface area contributed by atoms with Crippen LogP contribution in [0.4, 0.5) is 5.82 Å². The SMILES string of the molecule is COc1ccc(Cn2cnc3c(N)nccc32)cc1. The normalized spacial score (nSPS) is 10.8. The number of ether oxygens (including phenoxy) is 1. The van der Waals surface area contributed by atoms with Crippen LogP contribution in [-0.4, -0.2) is 21.6 Å². The van der Waals surface area contributed by atoms with Crippen LogP contribution in [0.25, 0.3) is 11.0 Å². The van der Waals surface area contributed by atoms with E-state index in [4.69, 9.17) is 10.5 Å². The smallest absolute Gasteiger partial charge is 0.151 e. The van der Waals surface area contributed by atoms with Crippen molar-refractivity contribution in [2.45, 2.75) is 6.54 Å². The lowest BCUT2D eigenvalue weighted by atomic mass is 10.2. The number of hydrogen-bond donors (Lipinski definition) is 1. The Morgan fingerprint density at radius 1 is 1.16 bits per heavy atom. The van der Waals surface area contributed by atoms with Crippen LogP contribution in [-0.2, 0) is 6.54 Å². The highest BCUT2D eigenvalue weighted by Gasteiger charge is 2.06. The molecule has 2 N–H and O–H groups in total. The number of nitrogens with zero attached hydrogens (tertiary/aromatic N) is 3. The predicted octanol–water partition coefficient (Wildman–Crippen LogP) is 2.07. The van der Waals surface area contributed by atoms with Crippen molar-refractivity contribution in [3.63, 3.8) is 0 Å². The highest BCUT2D eigenvalue weighted by atomic mass is 16.5. The molecule has 2 aromatic heterocycles. The Hall–Kier alpha value is -2.56. The van der Waals surface area contributed by atoms with Crippen molar-refractivity contribution in [1.29, 1.82) is 0 Å². The first-order chi connectivity index (χ1) is 9.28. The van der Waals surface area contributed by atoms with E-state index < -0.39 is 0 Å². The van der Waals surface area contributed by atoms with Gasteiger partial charge in [-0.1, -0.05) is 12.1 Å². The van der Waals surface area contributed by atoms with Gasteiger partial charge in [-0.05, 0) is 23.8 Å². The number of rotatable bonds is 3. The van der Waals surface area contributed by atoms with E-state index in [0.717, 1.165) is 23.3 Å². The van der Waals surface area contributed by atoms with E-state index in [2.05, 4.69) is 14.5 Å². The minimum absolute atomic E-state index is 0.464. The van der Waals surface area contributed by atoms with E-state index in [1.165, 1.54) is 5.56 Å². The van der Waals surface area contributed by atoms with Crippen LogP contribution in [0.1, 0.15) is 5.56 Å². The summed E-state index contributed by atoms with van der Waals surface area (Å²) in [5, 5.41) is 0. The molecule has 0 unspecified atom stereocenters. The molecule has 0 bridgehead atoms. The fourth-order valence-corrected chi connectivity index (χ4v) is 2.07. The maximum atomic E-state index is 5.80. The van der Waals surface area contributed by atoms with Crippen LogP contribution in [0.5, 0.6) is 5.75 Å². The van der Waals surface area contributed by atoms with Gasteiger partial charge in [-0.3, -0.25) is 0 Å². The molecule has 0 saturated heterocycles. The van der Waals surface area contributed by atoms with Gasteiger partial charge in [-0.15, -0.1) is 0 Å². The second kappa shape index (κ2) is 4.61. The van der Waals surface area contributed by atoms with Crippen LogP contribution in [0.2, 0.25) is 0 Å². The summed E-state index contributed by atoms with van der Waals surface area (Å²) in [5.74, 6) is 1.32. The monoisotopic (exact) mass is 254 g/mol. The molecule has 19 heavy (non-hydrogen) atoms. The standard InChI is InChI=1S/C14H14N4O/c1-19-11-4-2-10(3-5-11)8-18-9-17-13-12(18)6-7-16-14(13)15/h2-7,9H,8H2,1H3,(H2,15,16). The van der Waals surface area contributed by atoms with Crippen molar-refractivity contribution in [2.24, 2.45) is 0 Å². The van der Waals surface area contributed by atoms with Gasteiger partial charge in [0.15, 0.2) is 5.82 Å². The topological polar surface area (TPSA) is 66.0 Å². The second-order valence-electron chi connectivity index (χ2n) is 4.28. The molecule has 0 aliphatic heterocycles. The zero-order valence-corrected chi connectivity index (χ0v) is 10.6. The van der Waals surface area contributed by atoms with Gasteiger partial charge in [-0.2, -0.15) is 0 Å². The Kier molecular flexibility index (Phi) is 2.79. The van der Waals surface area contributed by atoms with Crippen molar-refractivity contribution >= 4 is 16.9 Å². The third-order valence-corrected chi connectivity index (χ3v) is 3.08. The van der Waals surface area contributed by atoms with Gasteiger partial charge in [-0.25, -0.2) is 9.97 Å². The summed E-state index contributed by atoms with van der Waals surface area (Å²) < 4.78 is 7.20. The number of imidazole rings is 1. The van der Waals surface area contributed by atoms with Crippen LogP contribution in [0.15, 0.2) is 42.9 Å². The predicted molar refractivity (Wildman–Crippen MR) is 74.0 cm³/mol. The third-order valence-electron chi connectivity index (χ3n) is 3.08. The maximum Gasteiger partial charge on any atom is 0.151 e. The summed E-state index contributed by atoms with van der Waals surface area (Å²) in [5.41, 5.74) is 8.71. The highest BCUT2D eigenvalue weighted by molar-refractivity contribution is 5.84. The summed E-state index contributed by atoms with van der Waals surface area (Å²) in [6.45, 7) is 0.740. The fourth-order valence-electron chi connectivity index (χ4n) is 2.07. The van der Waals surface area contributed by atoms with Crippen molar-refractivity contribution in [1.82, 2.24) is 14.5 Å². The highest BCUT2D eigenvalue weighted by Crippen LogP contribution is 2.19. The van der Waals surface area contributed by atoms with Gasteiger partial charge in [0, 0.05) is 12.7 Å². The zero-order valence-electron chi connectivity index (χ0n) is 10.6. The molecular weight excluding hydrogens is 240 g/mol. The fraction of sp³-hybridized carbons (Fsp3) is 0.143. The zero-order chi connectivity index (χ0) is 13.2. The van der Waals surface area contributed by atoms with Crippen molar-refractivity contribution < 1.29 is 4.74 Å². The van der Waals surface area contributed by atoms with Crippen molar-refractivity contribution in [3.8, 4) is 5.75 Å². The Morgan fingerprint density at radius 3 is 2.68 bits per heavy atom. The lowest BCUT2D eigenvalue weighted by molar-refractivity contribution is 0.414. The first-order valence-corrected chi connectivity index (χ1v) is 5.96. The quantitative estimate of drug-likeness (QED) is 0.777. The molecule has 3 rings (SSSR count). The van der Waals surface area contributed by atoms with Gasteiger partial charge in [0.05, 0.1) is 19.0 Å². The molecule has 2 heterocycles. The van der Waals surface area contributed by atoms with Gasteiger partial charge < -0.3 is 15.0 Å². The van der Waals surface area contributed by atoms with Gasteiger partial charge in [0.25, 0.3) is 0 Å². The molecule has 1 aromatic carbocycles. The van der Waals surface area contributed by atoms with E-state index in [1.54, 1.807) is 19.6 Å². The Morgan fingerprint density at radius 2 is 1.95 bits per heavy atom. The van der Waals surface area contributed by atoms with E-state index in [0.29, 0.717) is 5.82 Å². The molecule has 0 atom stereocenters. The molecule has 5 nitrogen and oxygen atoms in total. The molecule has 0 saturated carbocycles. The average Bonchev–Trinajstić information content (AvgIpc) is 2.84. The number of anilines is 1. The average molecular weight is 254 g/mol. The van der Waals surface area contributed by atoms with Crippen molar-refractivity contribution in [3.05, 3.63) is 48.4 Å². The number of pyridine rings is 1. The van der Waals surface area contributed by atoms with Gasteiger partial charge in [0.2, 0.25) is 0 Å². The minimum atomic E-state index is 0.464. The minimum Gasteiger partial charge on any atom is -0.497 e. The molecule has 0 amide bonds. The van der Waals surface area contributed by atoms with Gasteiger partial charge in [0.1, 0.15) is 11.3 Å². The largest absolute Gasteiger partial charge is 0.497 e. The van der Waals surface area contributed by atoms with E-state index in [9.17, 15) is 0 Å². The molecule has 0 aliphatic carbocycles. The lowest BCUT2D eigenvalue weighted by Gasteiger charge is -2.06. The number of hydrogen-bond acceptors (Lipinski definition) is 4. The van der Waals surface area contributed by atoms with Crippen LogP contribution in [0.3, 0.4) is 0 Å². The summed E-state index contributed by atoms with van der Waals surface area (Å²) in [6, 6.07) is 9.89. The molecule has 0 radical (unpaired) electrons. The van der Waals surface area contributed by atoms with E-state index in [1.807, 2.05) is 30.3 Å². The molecule has 0 aliphatic rings. The van der Waals surface area contributed by atoms with Crippen LogP contribution in [0, 0.1) is 0 Å². The number of nitrogens with two attached hydrogens (primary N) is 1. The Balaban J connectivity index is 1.94. The van der Waals surface area contributed by atoms with Crippen LogP contribution >= 0.6 is 0 Å².